The van der Waals surface area contributed by atoms with Crippen LogP contribution in [0.2, 0.25) is 5.15 Å². The van der Waals surface area contributed by atoms with E-state index in [2.05, 4.69) is 44.6 Å². The van der Waals surface area contributed by atoms with Gasteiger partial charge in [0, 0.05) is 38.6 Å². The number of aromatic nitrogens is 3. The number of hydrogen-bond acceptors (Lipinski definition) is 6. The largest absolute Gasteiger partial charge is 0.378 e. The third-order valence-electron chi connectivity index (χ3n) is 4.24. The van der Waals surface area contributed by atoms with E-state index in [-0.39, 0.29) is 0 Å². The maximum Gasteiger partial charge on any atom is 0.187 e. The molecule has 1 aliphatic rings. The molecule has 4 rings (SSSR count). The second-order valence-electron chi connectivity index (χ2n) is 6.03. The van der Waals surface area contributed by atoms with Gasteiger partial charge in [-0.15, -0.1) is 0 Å². The Morgan fingerprint density at radius 3 is 2.69 bits per heavy atom. The molecule has 3 aromatic rings. The molecule has 0 aliphatic carbocycles. The van der Waals surface area contributed by atoms with E-state index in [1.54, 1.807) is 17.5 Å². The molecule has 3 heterocycles. The van der Waals surface area contributed by atoms with E-state index in [1.165, 1.54) is 5.56 Å². The molecular weight excluding hydrogens is 370 g/mol. The SMILES string of the molecule is Clc1nc(N2CCOCC2)sc1CNCc1ccc(-n2cccn2)cc1. The summed E-state index contributed by atoms with van der Waals surface area (Å²) < 4.78 is 7.24. The summed E-state index contributed by atoms with van der Waals surface area (Å²) in [5.74, 6) is 0. The second-order valence-corrected chi connectivity index (χ2v) is 7.45. The molecule has 1 saturated heterocycles. The van der Waals surface area contributed by atoms with Gasteiger partial charge in [-0.05, 0) is 23.8 Å². The Balaban J connectivity index is 1.32. The standard InChI is InChI=1S/C18H20ClN5OS/c19-17-16(26-18(22-17)23-8-10-25-11-9-23)13-20-12-14-2-4-15(5-3-14)24-7-1-6-21-24/h1-7,20H,8-13H2. The van der Waals surface area contributed by atoms with Crippen LogP contribution < -0.4 is 10.2 Å². The summed E-state index contributed by atoms with van der Waals surface area (Å²) in [5.41, 5.74) is 2.27. The Bertz CT molecular complexity index is 828. The van der Waals surface area contributed by atoms with Crippen molar-refractivity contribution in [1.29, 1.82) is 0 Å². The topological polar surface area (TPSA) is 55.2 Å². The fourth-order valence-corrected chi connectivity index (χ4v) is 4.11. The molecule has 0 radical (unpaired) electrons. The van der Waals surface area contributed by atoms with Crippen molar-refractivity contribution in [3.8, 4) is 5.69 Å². The highest BCUT2D eigenvalue weighted by atomic mass is 35.5. The van der Waals surface area contributed by atoms with Gasteiger partial charge in [0.15, 0.2) is 5.13 Å². The Kier molecular flexibility index (Phi) is 5.50. The number of benzene rings is 1. The van der Waals surface area contributed by atoms with Crippen LogP contribution in [-0.2, 0) is 17.8 Å². The summed E-state index contributed by atoms with van der Waals surface area (Å²) in [6.07, 6.45) is 3.71. The summed E-state index contributed by atoms with van der Waals surface area (Å²) in [5, 5.41) is 9.27. The van der Waals surface area contributed by atoms with Crippen molar-refractivity contribution in [3.63, 3.8) is 0 Å². The van der Waals surface area contributed by atoms with Crippen LogP contribution in [0.3, 0.4) is 0 Å². The number of hydrogen-bond donors (Lipinski definition) is 1. The predicted octanol–water partition coefficient (Wildman–Crippen LogP) is 3.11. The Morgan fingerprint density at radius 2 is 1.96 bits per heavy atom. The molecule has 26 heavy (non-hydrogen) atoms. The minimum atomic E-state index is 0.595. The lowest BCUT2D eigenvalue weighted by Crippen LogP contribution is -2.36. The third-order valence-corrected chi connectivity index (χ3v) is 5.78. The Hall–Kier alpha value is -1.93. The smallest absolute Gasteiger partial charge is 0.187 e. The number of anilines is 1. The lowest BCUT2D eigenvalue weighted by atomic mass is 10.2. The van der Waals surface area contributed by atoms with Crippen molar-refractivity contribution in [2.75, 3.05) is 31.2 Å². The predicted molar refractivity (Wildman–Crippen MR) is 104 cm³/mol. The summed E-state index contributed by atoms with van der Waals surface area (Å²) in [7, 11) is 0. The van der Waals surface area contributed by atoms with E-state index in [9.17, 15) is 0 Å². The average Bonchev–Trinajstić information content (AvgIpc) is 3.34. The van der Waals surface area contributed by atoms with E-state index in [0.717, 1.165) is 48.5 Å². The fourth-order valence-electron chi connectivity index (χ4n) is 2.83. The van der Waals surface area contributed by atoms with E-state index in [1.807, 2.05) is 16.9 Å². The van der Waals surface area contributed by atoms with Crippen molar-refractivity contribution >= 4 is 28.1 Å². The number of morpholine rings is 1. The van der Waals surface area contributed by atoms with Crippen molar-refractivity contribution in [1.82, 2.24) is 20.1 Å². The van der Waals surface area contributed by atoms with Gasteiger partial charge in [-0.3, -0.25) is 0 Å². The average molecular weight is 390 g/mol. The highest BCUT2D eigenvalue weighted by Crippen LogP contribution is 2.30. The fraction of sp³-hybridized carbons (Fsp3) is 0.333. The molecule has 6 nitrogen and oxygen atoms in total. The maximum atomic E-state index is 6.32. The number of thiazole rings is 1. The van der Waals surface area contributed by atoms with Crippen LogP contribution in [-0.4, -0.2) is 41.1 Å². The molecule has 136 valence electrons. The van der Waals surface area contributed by atoms with Crippen LogP contribution >= 0.6 is 22.9 Å². The van der Waals surface area contributed by atoms with Gasteiger partial charge in [0.05, 0.1) is 23.8 Å². The lowest BCUT2D eigenvalue weighted by Gasteiger charge is -2.25. The molecule has 8 heteroatoms. The maximum absolute atomic E-state index is 6.32. The monoisotopic (exact) mass is 389 g/mol. The lowest BCUT2D eigenvalue weighted by molar-refractivity contribution is 0.122. The summed E-state index contributed by atoms with van der Waals surface area (Å²) >= 11 is 7.97. The minimum absolute atomic E-state index is 0.595. The zero-order chi connectivity index (χ0) is 17.8. The van der Waals surface area contributed by atoms with Crippen LogP contribution in [0.15, 0.2) is 42.7 Å². The van der Waals surface area contributed by atoms with Crippen molar-refractivity contribution in [2.45, 2.75) is 13.1 Å². The van der Waals surface area contributed by atoms with Gasteiger partial charge in [0.1, 0.15) is 5.15 Å². The quantitative estimate of drug-likeness (QED) is 0.702. The van der Waals surface area contributed by atoms with Gasteiger partial charge in [-0.2, -0.15) is 5.10 Å². The van der Waals surface area contributed by atoms with Gasteiger partial charge in [0.2, 0.25) is 0 Å². The van der Waals surface area contributed by atoms with E-state index in [4.69, 9.17) is 16.3 Å². The van der Waals surface area contributed by atoms with E-state index >= 15 is 0 Å². The molecule has 0 amide bonds. The molecule has 0 unspecified atom stereocenters. The Morgan fingerprint density at radius 1 is 1.15 bits per heavy atom. The first-order valence-corrected chi connectivity index (χ1v) is 9.76. The molecule has 0 saturated carbocycles. The van der Waals surface area contributed by atoms with Crippen molar-refractivity contribution in [2.24, 2.45) is 0 Å². The molecule has 1 aliphatic heterocycles. The number of halogens is 1. The molecule has 0 bridgehead atoms. The van der Waals surface area contributed by atoms with Crippen LogP contribution in [0, 0.1) is 0 Å². The van der Waals surface area contributed by atoms with Gasteiger partial charge in [0.25, 0.3) is 0 Å². The molecule has 1 N–H and O–H groups in total. The van der Waals surface area contributed by atoms with Gasteiger partial charge in [-0.25, -0.2) is 9.67 Å². The van der Waals surface area contributed by atoms with Crippen LogP contribution in [0.5, 0.6) is 0 Å². The first kappa shape index (κ1) is 17.5. The molecule has 1 aromatic carbocycles. The first-order valence-electron chi connectivity index (χ1n) is 8.57. The van der Waals surface area contributed by atoms with Gasteiger partial charge < -0.3 is 15.0 Å². The second kappa shape index (κ2) is 8.18. The number of nitrogens with one attached hydrogen (secondary N) is 1. The molecule has 0 spiro atoms. The van der Waals surface area contributed by atoms with Crippen molar-refractivity contribution < 1.29 is 4.74 Å². The Labute approximate surface area is 161 Å². The highest BCUT2D eigenvalue weighted by Gasteiger charge is 2.17. The first-order chi connectivity index (χ1) is 12.8. The highest BCUT2D eigenvalue weighted by molar-refractivity contribution is 7.16. The molecular formula is C18H20ClN5OS. The van der Waals surface area contributed by atoms with Crippen LogP contribution in [0.25, 0.3) is 5.69 Å². The normalized spacial score (nSPS) is 14.7. The van der Waals surface area contributed by atoms with Crippen LogP contribution in [0.4, 0.5) is 5.13 Å². The zero-order valence-electron chi connectivity index (χ0n) is 14.3. The molecule has 2 aromatic heterocycles. The summed E-state index contributed by atoms with van der Waals surface area (Å²) in [6.45, 7) is 4.74. The molecule has 0 atom stereocenters. The summed E-state index contributed by atoms with van der Waals surface area (Å²) in [6, 6.07) is 10.3. The van der Waals surface area contributed by atoms with Crippen LogP contribution in [0.1, 0.15) is 10.4 Å². The summed E-state index contributed by atoms with van der Waals surface area (Å²) in [4.78, 5) is 7.81. The minimum Gasteiger partial charge on any atom is -0.378 e. The van der Waals surface area contributed by atoms with E-state index in [0.29, 0.717) is 11.7 Å². The molecule has 1 fully saturated rings. The van der Waals surface area contributed by atoms with E-state index < -0.39 is 0 Å². The third kappa shape index (κ3) is 4.07. The number of nitrogens with zero attached hydrogens (tertiary/aromatic N) is 4. The zero-order valence-corrected chi connectivity index (χ0v) is 15.8. The van der Waals surface area contributed by atoms with Gasteiger partial charge >= 0.3 is 0 Å². The van der Waals surface area contributed by atoms with Crippen molar-refractivity contribution in [3.05, 3.63) is 58.3 Å². The number of rotatable bonds is 6. The number of ether oxygens (including phenoxy) is 1. The van der Waals surface area contributed by atoms with Gasteiger partial charge in [-0.1, -0.05) is 35.1 Å².